The summed E-state index contributed by atoms with van der Waals surface area (Å²) in [5, 5.41) is 12.1. The summed E-state index contributed by atoms with van der Waals surface area (Å²) in [5.41, 5.74) is 0.387. The van der Waals surface area contributed by atoms with Crippen molar-refractivity contribution in [2.45, 2.75) is 44.6 Å². The molecule has 2 aliphatic carbocycles. The zero-order valence-corrected chi connectivity index (χ0v) is 9.04. The van der Waals surface area contributed by atoms with Crippen molar-refractivity contribution in [1.82, 2.24) is 5.32 Å². The maximum atomic E-state index is 10.9. The van der Waals surface area contributed by atoms with Crippen molar-refractivity contribution in [3.8, 4) is 0 Å². The summed E-state index contributed by atoms with van der Waals surface area (Å²) in [6.45, 7) is 0.950. The largest absolute Gasteiger partial charge is 0.480 e. The van der Waals surface area contributed by atoms with E-state index in [1.165, 1.54) is 32.1 Å². The van der Waals surface area contributed by atoms with Gasteiger partial charge in [-0.25, -0.2) is 0 Å². The Hall–Kier alpha value is -0.570. The second-order valence-corrected chi connectivity index (χ2v) is 5.69. The van der Waals surface area contributed by atoms with Crippen molar-refractivity contribution in [3.63, 3.8) is 0 Å². The van der Waals surface area contributed by atoms with Gasteiger partial charge >= 0.3 is 5.97 Å². The number of carboxylic acids is 1. The van der Waals surface area contributed by atoms with Crippen LogP contribution in [0.3, 0.4) is 0 Å². The predicted octanol–water partition coefficient (Wildman–Crippen LogP) is 1.63. The monoisotopic (exact) mass is 209 g/mol. The first kappa shape index (κ1) is 9.64. The van der Waals surface area contributed by atoms with Crippen LogP contribution in [-0.4, -0.2) is 23.7 Å². The lowest BCUT2D eigenvalue weighted by Gasteiger charge is -2.13. The molecule has 0 radical (unpaired) electrons. The number of carboxylic acid groups (broad SMARTS) is 1. The van der Waals surface area contributed by atoms with Crippen LogP contribution in [-0.2, 0) is 4.79 Å². The molecule has 3 atom stereocenters. The molecule has 84 valence electrons. The number of carbonyl (C=O) groups is 1. The Labute approximate surface area is 90.2 Å². The molecular formula is C12H19NO2. The van der Waals surface area contributed by atoms with Crippen molar-refractivity contribution < 1.29 is 9.90 Å². The van der Waals surface area contributed by atoms with Gasteiger partial charge in [-0.2, -0.15) is 0 Å². The second-order valence-electron chi connectivity index (χ2n) is 5.69. The van der Waals surface area contributed by atoms with Crippen molar-refractivity contribution in [1.29, 1.82) is 0 Å². The fraction of sp³-hybridized carbons (Fsp3) is 0.917. The minimum atomic E-state index is -0.663. The molecule has 0 amide bonds. The standard InChI is InChI=1S/C12H19NO2/c14-11(15)10-6-12(7-13-10)5-9(12)8-3-1-2-4-8/h8-10,13H,1-7H2,(H,14,15)/t9-,10-,12+/m0/s1. The molecule has 0 bridgehead atoms. The first-order valence-corrected chi connectivity index (χ1v) is 6.17. The van der Waals surface area contributed by atoms with E-state index in [2.05, 4.69) is 5.32 Å². The van der Waals surface area contributed by atoms with Gasteiger partial charge in [0.2, 0.25) is 0 Å². The lowest BCUT2D eigenvalue weighted by atomic mass is 9.91. The molecule has 3 nitrogen and oxygen atoms in total. The molecule has 3 fully saturated rings. The van der Waals surface area contributed by atoms with Crippen LogP contribution in [0.15, 0.2) is 0 Å². The third-order valence-electron chi connectivity index (χ3n) is 4.83. The van der Waals surface area contributed by atoms with E-state index in [9.17, 15) is 4.79 Å². The van der Waals surface area contributed by atoms with Gasteiger partial charge in [0.1, 0.15) is 6.04 Å². The molecule has 2 N–H and O–H groups in total. The van der Waals surface area contributed by atoms with Gasteiger partial charge in [0, 0.05) is 6.54 Å². The third-order valence-corrected chi connectivity index (χ3v) is 4.83. The molecule has 3 rings (SSSR count). The Morgan fingerprint density at radius 2 is 2.00 bits per heavy atom. The molecule has 0 unspecified atom stereocenters. The summed E-state index contributed by atoms with van der Waals surface area (Å²) in [4.78, 5) is 10.9. The Morgan fingerprint density at radius 3 is 2.60 bits per heavy atom. The maximum absolute atomic E-state index is 10.9. The van der Waals surface area contributed by atoms with Gasteiger partial charge in [0.25, 0.3) is 0 Å². The van der Waals surface area contributed by atoms with Gasteiger partial charge in [0.15, 0.2) is 0 Å². The molecule has 15 heavy (non-hydrogen) atoms. The van der Waals surface area contributed by atoms with E-state index in [0.29, 0.717) is 5.41 Å². The minimum absolute atomic E-state index is 0.267. The molecule has 0 aromatic carbocycles. The van der Waals surface area contributed by atoms with Crippen LogP contribution in [0.4, 0.5) is 0 Å². The molecule has 3 heteroatoms. The van der Waals surface area contributed by atoms with Crippen LogP contribution in [0.1, 0.15) is 38.5 Å². The van der Waals surface area contributed by atoms with E-state index in [1.807, 2.05) is 0 Å². The average molecular weight is 209 g/mol. The van der Waals surface area contributed by atoms with Gasteiger partial charge < -0.3 is 10.4 Å². The van der Waals surface area contributed by atoms with Gasteiger partial charge in [-0.15, -0.1) is 0 Å². The van der Waals surface area contributed by atoms with E-state index < -0.39 is 5.97 Å². The number of aliphatic carboxylic acids is 1. The highest BCUT2D eigenvalue weighted by molar-refractivity contribution is 5.74. The van der Waals surface area contributed by atoms with Gasteiger partial charge in [0.05, 0.1) is 0 Å². The fourth-order valence-corrected chi connectivity index (χ4v) is 3.90. The highest BCUT2D eigenvalue weighted by atomic mass is 16.4. The van der Waals surface area contributed by atoms with Gasteiger partial charge in [-0.3, -0.25) is 4.79 Å². The van der Waals surface area contributed by atoms with E-state index in [4.69, 9.17) is 5.11 Å². The predicted molar refractivity (Wildman–Crippen MR) is 56.5 cm³/mol. The molecule has 1 aliphatic heterocycles. The van der Waals surface area contributed by atoms with Crippen LogP contribution < -0.4 is 5.32 Å². The van der Waals surface area contributed by atoms with Crippen LogP contribution >= 0.6 is 0 Å². The summed E-state index contributed by atoms with van der Waals surface area (Å²) in [7, 11) is 0. The van der Waals surface area contributed by atoms with E-state index in [-0.39, 0.29) is 6.04 Å². The summed E-state index contributed by atoms with van der Waals surface area (Å²) in [6.07, 6.45) is 7.74. The Balaban J connectivity index is 1.63. The molecule has 1 heterocycles. The fourth-order valence-electron chi connectivity index (χ4n) is 3.90. The summed E-state index contributed by atoms with van der Waals surface area (Å²) in [6, 6.07) is -0.267. The highest BCUT2D eigenvalue weighted by Gasteiger charge is 2.60. The van der Waals surface area contributed by atoms with E-state index in [1.54, 1.807) is 0 Å². The lowest BCUT2D eigenvalue weighted by Crippen LogP contribution is -2.29. The van der Waals surface area contributed by atoms with Gasteiger partial charge in [-0.05, 0) is 30.1 Å². The summed E-state index contributed by atoms with van der Waals surface area (Å²) in [5.74, 6) is 1.10. The third kappa shape index (κ3) is 1.48. The van der Waals surface area contributed by atoms with Crippen molar-refractivity contribution in [3.05, 3.63) is 0 Å². The van der Waals surface area contributed by atoms with E-state index in [0.717, 1.165) is 24.8 Å². The van der Waals surface area contributed by atoms with Crippen molar-refractivity contribution in [2.75, 3.05) is 6.54 Å². The molecule has 2 saturated carbocycles. The number of rotatable bonds is 2. The SMILES string of the molecule is O=C(O)[C@@H]1C[C@@]2(CN1)C[C@H]2C1CCCC1. The molecule has 0 aromatic rings. The van der Waals surface area contributed by atoms with Crippen molar-refractivity contribution >= 4 is 5.97 Å². The zero-order valence-electron chi connectivity index (χ0n) is 9.04. The Morgan fingerprint density at radius 1 is 1.27 bits per heavy atom. The molecule has 1 saturated heterocycles. The topological polar surface area (TPSA) is 49.3 Å². The smallest absolute Gasteiger partial charge is 0.320 e. The average Bonchev–Trinajstić information content (AvgIpc) is 2.64. The summed E-state index contributed by atoms with van der Waals surface area (Å²) >= 11 is 0. The maximum Gasteiger partial charge on any atom is 0.320 e. The van der Waals surface area contributed by atoms with Gasteiger partial charge in [-0.1, -0.05) is 25.7 Å². The quantitative estimate of drug-likeness (QED) is 0.726. The number of nitrogens with one attached hydrogen (secondary N) is 1. The molecular weight excluding hydrogens is 190 g/mol. The summed E-state index contributed by atoms with van der Waals surface area (Å²) < 4.78 is 0. The number of hydrogen-bond donors (Lipinski definition) is 2. The van der Waals surface area contributed by atoms with Crippen LogP contribution in [0, 0.1) is 17.3 Å². The Kier molecular flexibility index (Phi) is 2.06. The minimum Gasteiger partial charge on any atom is -0.480 e. The molecule has 1 spiro atoms. The van der Waals surface area contributed by atoms with Crippen LogP contribution in [0.5, 0.6) is 0 Å². The number of hydrogen-bond acceptors (Lipinski definition) is 2. The van der Waals surface area contributed by atoms with Crippen LogP contribution in [0.25, 0.3) is 0 Å². The molecule has 3 aliphatic rings. The van der Waals surface area contributed by atoms with Crippen molar-refractivity contribution in [2.24, 2.45) is 17.3 Å². The first-order valence-electron chi connectivity index (χ1n) is 6.17. The second kappa shape index (κ2) is 3.21. The highest BCUT2D eigenvalue weighted by Crippen LogP contribution is 2.63. The first-order chi connectivity index (χ1) is 7.21. The lowest BCUT2D eigenvalue weighted by molar-refractivity contribution is -0.139. The zero-order chi connectivity index (χ0) is 10.5. The normalized spacial score (nSPS) is 45.1. The molecule has 0 aromatic heterocycles. The van der Waals surface area contributed by atoms with Crippen LogP contribution in [0.2, 0.25) is 0 Å². The van der Waals surface area contributed by atoms with E-state index >= 15 is 0 Å². The Bertz CT molecular complexity index is 285.